The number of hydrogen-bond acceptors (Lipinski definition) is 4. The molecule has 2 aromatic carbocycles. The smallest absolute Gasteiger partial charge is 0.261 e. The number of anilines is 2. The van der Waals surface area contributed by atoms with Crippen LogP contribution in [0.2, 0.25) is 10.0 Å². The van der Waals surface area contributed by atoms with Gasteiger partial charge < -0.3 is 15.4 Å². The minimum atomic E-state index is -0.488. The third-order valence-corrected chi connectivity index (χ3v) is 4.22. The van der Waals surface area contributed by atoms with Gasteiger partial charge in [-0.15, -0.1) is 0 Å². The summed E-state index contributed by atoms with van der Waals surface area (Å²) in [5.41, 5.74) is 1.23. The van der Waals surface area contributed by atoms with Crippen molar-refractivity contribution in [1.82, 2.24) is 5.32 Å². The van der Waals surface area contributed by atoms with E-state index in [9.17, 15) is 9.59 Å². The summed E-state index contributed by atoms with van der Waals surface area (Å²) in [6.07, 6.45) is 0.349. The zero-order valence-electron chi connectivity index (χ0n) is 14.6. The quantitative estimate of drug-likeness (QED) is 0.615. The number of carbonyl (C=O) groups is 2. The van der Waals surface area contributed by atoms with Crippen LogP contribution in [0.4, 0.5) is 11.4 Å². The number of halogens is 2. The molecule has 0 aliphatic carbocycles. The van der Waals surface area contributed by atoms with Crippen molar-refractivity contribution in [3.05, 3.63) is 52.0 Å². The second-order valence-corrected chi connectivity index (χ2v) is 6.60. The topological polar surface area (TPSA) is 79.5 Å². The fourth-order valence-corrected chi connectivity index (χ4v) is 2.67. The first-order valence-electron chi connectivity index (χ1n) is 7.89. The van der Waals surface area contributed by atoms with Crippen LogP contribution in [0.5, 0.6) is 5.75 Å². The lowest BCUT2D eigenvalue weighted by atomic mass is 10.2. The second kappa shape index (κ2) is 9.55. The molecule has 0 fully saturated rings. The maximum atomic E-state index is 12.4. The predicted octanol–water partition coefficient (Wildman–Crippen LogP) is 4.48. The molecule has 142 valence electrons. The third kappa shape index (κ3) is 5.82. The molecule has 0 heterocycles. The summed E-state index contributed by atoms with van der Waals surface area (Å²) in [6.45, 7) is 1.75. The lowest BCUT2D eigenvalue weighted by molar-refractivity contribution is -0.115. The average molecular weight is 426 g/mol. The van der Waals surface area contributed by atoms with Gasteiger partial charge in [0.2, 0.25) is 5.91 Å². The summed E-state index contributed by atoms with van der Waals surface area (Å²) in [7, 11) is 1.45. The van der Waals surface area contributed by atoms with Crippen molar-refractivity contribution in [3.8, 4) is 5.75 Å². The number of rotatable bonds is 5. The number of methoxy groups -OCH3 is 1. The lowest BCUT2D eigenvalue weighted by Gasteiger charge is -2.14. The largest absolute Gasteiger partial charge is 0.496 e. The van der Waals surface area contributed by atoms with E-state index in [1.807, 2.05) is 0 Å². The fourth-order valence-electron chi connectivity index (χ4n) is 2.13. The Morgan fingerprint density at radius 2 is 1.85 bits per heavy atom. The van der Waals surface area contributed by atoms with Crippen molar-refractivity contribution in [1.29, 1.82) is 0 Å². The molecule has 2 rings (SSSR count). The van der Waals surface area contributed by atoms with Crippen LogP contribution >= 0.6 is 35.4 Å². The molecule has 0 atom stereocenters. The Morgan fingerprint density at radius 3 is 2.52 bits per heavy atom. The highest BCUT2D eigenvalue weighted by atomic mass is 35.5. The molecule has 0 aliphatic rings. The monoisotopic (exact) mass is 425 g/mol. The Kier molecular flexibility index (Phi) is 7.41. The molecule has 9 heteroatoms. The minimum absolute atomic E-state index is 0.0305. The molecule has 2 amide bonds. The van der Waals surface area contributed by atoms with E-state index < -0.39 is 5.91 Å². The van der Waals surface area contributed by atoms with Gasteiger partial charge in [-0.05, 0) is 48.6 Å². The molecular formula is C18H17Cl2N3O3S. The highest BCUT2D eigenvalue weighted by Gasteiger charge is 2.15. The molecule has 0 aromatic heterocycles. The summed E-state index contributed by atoms with van der Waals surface area (Å²) in [5, 5.41) is 8.90. The van der Waals surface area contributed by atoms with Gasteiger partial charge in [-0.2, -0.15) is 0 Å². The molecule has 0 saturated heterocycles. The second-order valence-electron chi connectivity index (χ2n) is 5.35. The predicted molar refractivity (Wildman–Crippen MR) is 112 cm³/mol. The first-order chi connectivity index (χ1) is 12.8. The number of ether oxygens (including phenoxy) is 1. The van der Waals surface area contributed by atoms with Gasteiger partial charge in [0.1, 0.15) is 5.75 Å². The number of benzene rings is 2. The van der Waals surface area contributed by atoms with Crippen molar-refractivity contribution in [2.45, 2.75) is 13.3 Å². The highest BCUT2D eigenvalue weighted by molar-refractivity contribution is 7.80. The maximum Gasteiger partial charge on any atom is 0.261 e. The zero-order chi connectivity index (χ0) is 20.0. The molecule has 0 aliphatic heterocycles. The molecule has 27 heavy (non-hydrogen) atoms. The van der Waals surface area contributed by atoms with E-state index >= 15 is 0 Å². The van der Waals surface area contributed by atoms with E-state index in [-0.39, 0.29) is 16.6 Å². The van der Waals surface area contributed by atoms with Gasteiger partial charge in [-0.1, -0.05) is 30.1 Å². The number of carbonyl (C=O) groups excluding carboxylic acids is 2. The lowest BCUT2D eigenvalue weighted by Crippen LogP contribution is -2.34. The van der Waals surface area contributed by atoms with Gasteiger partial charge in [-0.25, -0.2) is 0 Å². The van der Waals surface area contributed by atoms with Crippen molar-refractivity contribution >= 4 is 63.7 Å². The van der Waals surface area contributed by atoms with Crippen LogP contribution in [0.3, 0.4) is 0 Å². The van der Waals surface area contributed by atoms with Crippen molar-refractivity contribution in [3.63, 3.8) is 0 Å². The van der Waals surface area contributed by atoms with Gasteiger partial charge in [0.25, 0.3) is 5.91 Å². The Hall–Kier alpha value is -2.35. The molecule has 0 saturated carbocycles. The SMILES string of the molecule is CCC(=O)Nc1ccc(Cl)c(NC(=S)NC(=O)c2cc(Cl)ccc2OC)c1. The Bertz CT molecular complexity index is 890. The maximum absolute atomic E-state index is 12.4. The third-order valence-electron chi connectivity index (χ3n) is 3.45. The summed E-state index contributed by atoms with van der Waals surface area (Å²) < 4.78 is 5.16. The van der Waals surface area contributed by atoms with Crippen LogP contribution in [0.25, 0.3) is 0 Å². The molecular weight excluding hydrogens is 409 g/mol. The average Bonchev–Trinajstić information content (AvgIpc) is 2.64. The molecule has 6 nitrogen and oxygen atoms in total. The Labute approximate surface area is 172 Å². The van der Waals surface area contributed by atoms with E-state index in [0.717, 1.165) is 0 Å². The molecule has 3 N–H and O–H groups in total. The fraction of sp³-hybridized carbons (Fsp3) is 0.167. The van der Waals surface area contributed by atoms with Gasteiger partial charge in [0, 0.05) is 17.1 Å². The molecule has 2 aromatic rings. The normalized spacial score (nSPS) is 10.1. The van der Waals surface area contributed by atoms with Crippen LogP contribution in [0.15, 0.2) is 36.4 Å². The van der Waals surface area contributed by atoms with Crippen LogP contribution in [0.1, 0.15) is 23.7 Å². The first kappa shape index (κ1) is 21.0. The summed E-state index contributed by atoms with van der Waals surface area (Å²) in [5.74, 6) is -0.257. The number of hydrogen-bond donors (Lipinski definition) is 3. The molecule has 0 bridgehead atoms. The summed E-state index contributed by atoms with van der Waals surface area (Å²) in [4.78, 5) is 24.0. The molecule has 0 radical (unpaired) electrons. The van der Waals surface area contributed by atoms with Gasteiger partial charge >= 0.3 is 0 Å². The van der Waals surface area contributed by atoms with Gasteiger partial charge in [-0.3, -0.25) is 14.9 Å². The first-order valence-corrected chi connectivity index (χ1v) is 9.05. The van der Waals surface area contributed by atoms with Gasteiger partial charge in [0.05, 0.1) is 23.4 Å². The number of nitrogens with one attached hydrogen (secondary N) is 3. The molecule has 0 unspecified atom stereocenters. The van der Waals surface area contributed by atoms with Crippen molar-refractivity contribution in [2.75, 3.05) is 17.7 Å². The van der Waals surface area contributed by atoms with Crippen LogP contribution in [0, 0.1) is 0 Å². The van der Waals surface area contributed by atoms with Crippen molar-refractivity contribution in [2.24, 2.45) is 0 Å². The van der Waals surface area contributed by atoms with E-state index in [4.69, 9.17) is 40.2 Å². The summed E-state index contributed by atoms with van der Waals surface area (Å²) >= 11 is 17.3. The Morgan fingerprint density at radius 1 is 1.11 bits per heavy atom. The number of amides is 2. The zero-order valence-corrected chi connectivity index (χ0v) is 16.9. The number of thiocarbonyl (C=S) groups is 1. The van der Waals surface area contributed by atoms with E-state index in [0.29, 0.717) is 33.6 Å². The van der Waals surface area contributed by atoms with Crippen LogP contribution in [-0.4, -0.2) is 24.0 Å². The van der Waals surface area contributed by atoms with E-state index in [2.05, 4.69) is 16.0 Å². The van der Waals surface area contributed by atoms with Crippen LogP contribution < -0.4 is 20.7 Å². The summed E-state index contributed by atoms with van der Waals surface area (Å²) in [6, 6.07) is 9.58. The Balaban J connectivity index is 2.11. The van der Waals surface area contributed by atoms with E-state index in [1.165, 1.54) is 13.2 Å². The molecule has 0 spiro atoms. The van der Waals surface area contributed by atoms with Crippen molar-refractivity contribution < 1.29 is 14.3 Å². The van der Waals surface area contributed by atoms with Crippen LogP contribution in [-0.2, 0) is 4.79 Å². The minimum Gasteiger partial charge on any atom is -0.496 e. The van der Waals surface area contributed by atoms with Gasteiger partial charge in [0.15, 0.2) is 5.11 Å². The highest BCUT2D eigenvalue weighted by Crippen LogP contribution is 2.26. The standard InChI is InChI=1S/C18H17Cl2N3O3S/c1-3-16(24)21-11-5-6-13(20)14(9-11)22-18(27)23-17(25)12-8-10(19)4-7-15(12)26-2/h4-9H,3H2,1-2H3,(H,21,24)(H2,22,23,25,27). The van der Waals surface area contributed by atoms with E-state index in [1.54, 1.807) is 37.3 Å².